The molecule has 1 fully saturated rings. The molecule has 4 rings (SSSR count). The number of aromatic nitrogens is 5. The minimum absolute atomic E-state index is 0.182. The van der Waals surface area contributed by atoms with E-state index in [0.29, 0.717) is 6.61 Å². The summed E-state index contributed by atoms with van der Waals surface area (Å²) >= 11 is 0. The first-order valence-corrected chi connectivity index (χ1v) is 8.87. The van der Waals surface area contributed by atoms with E-state index in [1.807, 2.05) is 48.1 Å². The summed E-state index contributed by atoms with van der Waals surface area (Å²) < 4.78 is 7.99. The Morgan fingerprint density at radius 2 is 2.08 bits per heavy atom. The van der Waals surface area contributed by atoms with Crippen LogP contribution in [-0.4, -0.2) is 43.9 Å². The monoisotopic (exact) mass is 350 g/mol. The van der Waals surface area contributed by atoms with Crippen LogP contribution in [-0.2, 0) is 18.4 Å². The Morgan fingerprint density at radius 1 is 1.12 bits per heavy atom. The van der Waals surface area contributed by atoms with E-state index in [-0.39, 0.29) is 6.10 Å². The number of rotatable bonds is 5. The van der Waals surface area contributed by atoms with Crippen molar-refractivity contribution in [2.24, 2.45) is 7.05 Å². The predicted octanol–water partition coefficient (Wildman–Crippen LogP) is 2.46. The lowest BCUT2D eigenvalue weighted by Crippen LogP contribution is -2.40. The molecule has 7 heteroatoms. The van der Waals surface area contributed by atoms with E-state index in [0.717, 1.165) is 49.0 Å². The Morgan fingerprint density at radius 3 is 2.81 bits per heavy atom. The molecule has 3 aromatic rings. The lowest BCUT2D eigenvalue weighted by atomic mass is 10.1. The maximum atomic E-state index is 6.05. The Bertz CT molecular complexity index is 833. The number of imidazole rings is 1. The maximum Gasteiger partial charge on any atom is 0.160 e. The van der Waals surface area contributed by atoms with E-state index in [1.54, 1.807) is 12.4 Å². The third-order valence-corrected chi connectivity index (χ3v) is 4.60. The van der Waals surface area contributed by atoms with E-state index >= 15 is 0 Å². The van der Waals surface area contributed by atoms with Crippen molar-refractivity contribution in [2.45, 2.75) is 25.6 Å². The van der Waals surface area contributed by atoms with Gasteiger partial charge in [-0.1, -0.05) is 6.07 Å². The predicted molar refractivity (Wildman–Crippen MR) is 98.5 cm³/mol. The van der Waals surface area contributed by atoms with Crippen molar-refractivity contribution in [3.63, 3.8) is 0 Å². The summed E-state index contributed by atoms with van der Waals surface area (Å²) in [5, 5.41) is 8.76. The molecule has 1 atom stereocenters. The van der Waals surface area contributed by atoms with Crippen LogP contribution in [0.25, 0.3) is 11.5 Å². The van der Waals surface area contributed by atoms with Gasteiger partial charge in [0.25, 0.3) is 0 Å². The highest BCUT2D eigenvalue weighted by Gasteiger charge is 2.22. The van der Waals surface area contributed by atoms with Crippen molar-refractivity contribution in [3.8, 4) is 11.5 Å². The molecule has 0 amide bonds. The largest absolute Gasteiger partial charge is 0.370 e. The maximum absolute atomic E-state index is 6.05. The molecule has 0 aromatic carbocycles. The molecule has 0 spiro atoms. The van der Waals surface area contributed by atoms with E-state index in [2.05, 4.69) is 25.1 Å². The van der Waals surface area contributed by atoms with Crippen LogP contribution in [0.2, 0.25) is 0 Å². The number of pyridine rings is 1. The van der Waals surface area contributed by atoms with Gasteiger partial charge < -0.3 is 14.2 Å². The smallest absolute Gasteiger partial charge is 0.160 e. The molecule has 0 saturated carbocycles. The minimum atomic E-state index is 0.182. The number of hydrogen-bond acceptors (Lipinski definition) is 6. The number of piperidine rings is 1. The molecule has 0 unspecified atom stereocenters. The zero-order valence-corrected chi connectivity index (χ0v) is 14.8. The van der Waals surface area contributed by atoms with Gasteiger partial charge in [0.05, 0.1) is 18.4 Å². The topological polar surface area (TPSA) is 69.0 Å². The van der Waals surface area contributed by atoms with Gasteiger partial charge in [0.2, 0.25) is 0 Å². The highest BCUT2D eigenvalue weighted by atomic mass is 16.5. The van der Waals surface area contributed by atoms with Crippen molar-refractivity contribution in [1.29, 1.82) is 0 Å². The average Bonchev–Trinajstić information content (AvgIpc) is 3.13. The van der Waals surface area contributed by atoms with E-state index in [1.165, 1.54) is 0 Å². The Hall–Kier alpha value is -2.80. The first kappa shape index (κ1) is 16.7. The van der Waals surface area contributed by atoms with Crippen LogP contribution in [0.1, 0.15) is 18.5 Å². The fraction of sp³-hybridized carbons (Fsp3) is 0.368. The van der Waals surface area contributed by atoms with Crippen LogP contribution >= 0.6 is 0 Å². The molecule has 0 aliphatic carbocycles. The van der Waals surface area contributed by atoms with Gasteiger partial charge in [-0.25, -0.2) is 4.98 Å². The molecule has 0 bridgehead atoms. The van der Waals surface area contributed by atoms with Crippen molar-refractivity contribution in [3.05, 3.63) is 54.6 Å². The van der Waals surface area contributed by atoms with Crippen molar-refractivity contribution in [2.75, 3.05) is 18.0 Å². The third kappa shape index (κ3) is 3.72. The fourth-order valence-corrected chi connectivity index (χ4v) is 3.19. The minimum Gasteiger partial charge on any atom is -0.370 e. The van der Waals surface area contributed by atoms with Gasteiger partial charge in [-0.15, -0.1) is 10.2 Å². The summed E-state index contributed by atoms with van der Waals surface area (Å²) in [5.41, 5.74) is 1.74. The molecule has 4 heterocycles. The van der Waals surface area contributed by atoms with Gasteiger partial charge in [-0.05, 0) is 37.1 Å². The number of anilines is 1. The van der Waals surface area contributed by atoms with E-state index in [4.69, 9.17) is 4.74 Å². The van der Waals surface area contributed by atoms with Gasteiger partial charge in [-0.3, -0.25) is 4.98 Å². The second-order valence-corrected chi connectivity index (χ2v) is 6.48. The van der Waals surface area contributed by atoms with Gasteiger partial charge >= 0.3 is 0 Å². The van der Waals surface area contributed by atoms with Gasteiger partial charge in [0, 0.05) is 38.7 Å². The standard InChI is InChI=1S/C19H22N6O/c1-24-12-10-21-19(24)17-7-8-18(23-22-17)25-11-4-6-16(13-25)26-14-15-5-2-3-9-20-15/h2-3,5,7-10,12,16H,4,6,11,13-14H2,1H3/t16-/m0/s1. The van der Waals surface area contributed by atoms with Gasteiger partial charge in [-0.2, -0.15) is 0 Å². The molecule has 26 heavy (non-hydrogen) atoms. The SMILES string of the molecule is Cn1ccnc1-c1ccc(N2CCC[C@H](OCc3ccccn3)C2)nn1. The summed E-state index contributed by atoms with van der Waals surface area (Å²) in [4.78, 5) is 10.9. The summed E-state index contributed by atoms with van der Waals surface area (Å²) in [7, 11) is 1.95. The zero-order valence-electron chi connectivity index (χ0n) is 14.8. The molecule has 1 aliphatic rings. The molecule has 7 nitrogen and oxygen atoms in total. The average molecular weight is 350 g/mol. The highest BCUT2D eigenvalue weighted by molar-refractivity contribution is 5.51. The second kappa shape index (κ2) is 7.61. The summed E-state index contributed by atoms with van der Waals surface area (Å²) in [6.45, 7) is 2.34. The Kier molecular flexibility index (Phi) is 4.88. The summed E-state index contributed by atoms with van der Waals surface area (Å²) in [5.74, 6) is 1.70. The van der Waals surface area contributed by atoms with Gasteiger partial charge in [0.15, 0.2) is 11.6 Å². The quantitative estimate of drug-likeness (QED) is 0.704. The molecule has 0 radical (unpaired) electrons. The number of hydrogen-bond donors (Lipinski definition) is 0. The molecular weight excluding hydrogens is 328 g/mol. The third-order valence-electron chi connectivity index (χ3n) is 4.60. The molecular formula is C19H22N6O. The van der Waals surface area contributed by atoms with Crippen LogP contribution in [0.3, 0.4) is 0 Å². The van der Waals surface area contributed by atoms with Crippen molar-refractivity contribution >= 4 is 5.82 Å². The lowest BCUT2D eigenvalue weighted by molar-refractivity contribution is 0.0297. The lowest BCUT2D eigenvalue weighted by Gasteiger charge is -2.33. The molecule has 1 aliphatic heterocycles. The highest BCUT2D eigenvalue weighted by Crippen LogP contribution is 2.21. The number of ether oxygens (including phenoxy) is 1. The van der Waals surface area contributed by atoms with Crippen molar-refractivity contribution in [1.82, 2.24) is 24.7 Å². The van der Waals surface area contributed by atoms with Crippen LogP contribution in [0.5, 0.6) is 0 Å². The van der Waals surface area contributed by atoms with Crippen LogP contribution in [0, 0.1) is 0 Å². The molecule has 3 aromatic heterocycles. The van der Waals surface area contributed by atoms with Crippen LogP contribution < -0.4 is 4.90 Å². The Balaban J connectivity index is 1.39. The molecule has 134 valence electrons. The number of aryl methyl sites for hydroxylation is 1. The molecule has 1 saturated heterocycles. The first-order valence-electron chi connectivity index (χ1n) is 8.87. The van der Waals surface area contributed by atoms with Gasteiger partial charge in [0.1, 0.15) is 5.69 Å². The summed E-state index contributed by atoms with van der Waals surface area (Å²) in [6.07, 6.45) is 7.78. The first-order chi connectivity index (χ1) is 12.8. The fourth-order valence-electron chi connectivity index (χ4n) is 3.19. The van der Waals surface area contributed by atoms with E-state index < -0.39 is 0 Å². The van der Waals surface area contributed by atoms with Crippen LogP contribution in [0.4, 0.5) is 5.82 Å². The molecule has 0 N–H and O–H groups in total. The van der Waals surface area contributed by atoms with E-state index in [9.17, 15) is 0 Å². The second-order valence-electron chi connectivity index (χ2n) is 6.48. The number of nitrogens with zero attached hydrogens (tertiary/aromatic N) is 6. The van der Waals surface area contributed by atoms with Crippen molar-refractivity contribution < 1.29 is 4.74 Å². The normalized spacial score (nSPS) is 17.4. The zero-order chi connectivity index (χ0) is 17.8. The van der Waals surface area contributed by atoms with Crippen LogP contribution in [0.15, 0.2) is 48.9 Å². The Labute approximate surface area is 152 Å². The summed E-state index contributed by atoms with van der Waals surface area (Å²) in [6, 6.07) is 9.88.